The van der Waals surface area contributed by atoms with Gasteiger partial charge in [0.2, 0.25) is 5.91 Å². The van der Waals surface area contributed by atoms with Gasteiger partial charge in [0.1, 0.15) is 16.6 Å². The third kappa shape index (κ3) is 9.65. The van der Waals surface area contributed by atoms with Crippen molar-refractivity contribution in [3.63, 3.8) is 0 Å². The monoisotopic (exact) mass is 641 g/mol. The fourth-order valence-electron chi connectivity index (χ4n) is 6.19. The van der Waals surface area contributed by atoms with Gasteiger partial charge in [-0.15, -0.1) is 11.3 Å². The third-order valence-electron chi connectivity index (χ3n) is 8.61. The molecule has 0 aromatic carbocycles. The van der Waals surface area contributed by atoms with Crippen LogP contribution in [0.1, 0.15) is 114 Å². The maximum absolute atomic E-state index is 14.2. The molecule has 9 nitrogen and oxygen atoms in total. The van der Waals surface area contributed by atoms with Gasteiger partial charge in [-0.05, 0) is 111 Å². The van der Waals surface area contributed by atoms with E-state index in [4.69, 9.17) is 9.47 Å². The topological polar surface area (TPSA) is 108 Å². The predicted molar refractivity (Wildman–Crippen MR) is 177 cm³/mol. The van der Waals surface area contributed by atoms with Gasteiger partial charge < -0.3 is 29.7 Å². The first-order chi connectivity index (χ1) is 21.0. The molecule has 1 aromatic rings. The number of anilines is 1. The fraction of sp³-hybridized carbons (Fsp3) is 0.686. The van der Waals surface area contributed by atoms with E-state index in [0.29, 0.717) is 61.1 Å². The molecule has 10 heteroatoms. The second-order valence-electron chi connectivity index (χ2n) is 15.0. The molecule has 45 heavy (non-hydrogen) atoms. The van der Waals surface area contributed by atoms with Crippen LogP contribution in [0, 0.1) is 29.1 Å². The van der Waals surface area contributed by atoms with Gasteiger partial charge >= 0.3 is 12.1 Å². The first-order valence-corrected chi connectivity index (χ1v) is 17.1. The summed E-state index contributed by atoms with van der Waals surface area (Å²) in [4.78, 5) is 43.8. The SMILES string of the molecule is C=C(OC(C)(C)C)N1CC(OC(=O)NC2CCC(N(C(=O)C3CCC(C)CC3)c3cc(C#CC(C)(C)C)sc3C(=O)O)CC2)C1. The summed E-state index contributed by atoms with van der Waals surface area (Å²) in [7, 11) is 0. The van der Waals surface area contributed by atoms with Crippen molar-refractivity contribution < 1.29 is 29.0 Å². The summed E-state index contributed by atoms with van der Waals surface area (Å²) in [6.45, 7) is 19.2. The molecule has 2 aliphatic carbocycles. The third-order valence-corrected chi connectivity index (χ3v) is 9.64. The summed E-state index contributed by atoms with van der Waals surface area (Å²) in [5, 5.41) is 13.2. The molecule has 0 spiro atoms. The minimum Gasteiger partial charge on any atom is -0.477 e. The van der Waals surface area contributed by atoms with E-state index in [-0.39, 0.29) is 45.9 Å². The summed E-state index contributed by atoms with van der Waals surface area (Å²) >= 11 is 1.13. The van der Waals surface area contributed by atoms with Crippen molar-refractivity contribution in [2.75, 3.05) is 18.0 Å². The van der Waals surface area contributed by atoms with Crippen molar-refractivity contribution in [1.82, 2.24) is 10.2 Å². The zero-order valence-electron chi connectivity index (χ0n) is 28.0. The van der Waals surface area contributed by atoms with E-state index >= 15 is 0 Å². The molecule has 2 amide bonds. The molecule has 4 rings (SSSR count). The summed E-state index contributed by atoms with van der Waals surface area (Å²) in [5.74, 6) is 6.36. The Bertz CT molecular complexity index is 1310. The Morgan fingerprint density at radius 2 is 1.64 bits per heavy atom. The number of hydrogen-bond acceptors (Lipinski definition) is 7. The zero-order chi connectivity index (χ0) is 33.1. The number of thiophene rings is 1. The molecule has 2 heterocycles. The highest BCUT2D eigenvalue weighted by molar-refractivity contribution is 7.15. The van der Waals surface area contributed by atoms with Gasteiger partial charge in [-0.25, -0.2) is 9.59 Å². The van der Waals surface area contributed by atoms with Crippen molar-refractivity contribution in [1.29, 1.82) is 0 Å². The molecule has 0 radical (unpaired) electrons. The molecule has 0 bridgehead atoms. The van der Waals surface area contributed by atoms with Gasteiger partial charge in [0.05, 0.1) is 23.7 Å². The highest BCUT2D eigenvalue weighted by Gasteiger charge is 2.38. The van der Waals surface area contributed by atoms with Gasteiger partial charge in [0.25, 0.3) is 0 Å². The van der Waals surface area contributed by atoms with Crippen LogP contribution in [0.4, 0.5) is 10.5 Å². The van der Waals surface area contributed by atoms with Crippen LogP contribution >= 0.6 is 11.3 Å². The first-order valence-electron chi connectivity index (χ1n) is 16.3. The van der Waals surface area contributed by atoms with Crippen molar-refractivity contribution >= 4 is 35.0 Å². The lowest BCUT2D eigenvalue weighted by molar-refractivity contribution is -0.124. The number of likely N-dealkylation sites (tertiary alicyclic amines) is 1. The maximum atomic E-state index is 14.2. The second-order valence-corrected chi connectivity index (χ2v) is 16.0. The number of nitrogens with zero attached hydrogens (tertiary/aromatic N) is 2. The first kappa shape index (κ1) is 34.7. The van der Waals surface area contributed by atoms with Crippen LogP contribution in [-0.2, 0) is 14.3 Å². The molecule has 2 saturated carbocycles. The average Bonchev–Trinajstić information content (AvgIpc) is 3.33. The van der Waals surface area contributed by atoms with Crippen LogP contribution < -0.4 is 10.2 Å². The minimum atomic E-state index is -1.05. The molecular weight excluding hydrogens is 590 g/mol. The largest absolute Gasteiger partial charge is 0.477 e. The van der Waals surface area contributed by atoms with Crippen LogP contribution in [0.25, 0.3) is 0 Å². The number of nitrogens with one attached hydrogen (secondary N) is 1. The Balaban J connectivity index is 1.41. The molecular formula is C35H51N3O6S. The quantitative estimate of drug-likeness (QED) is 0.232. The molecule has 3 fully saturated rings. The van der Waals surface area contributed by atoms with Crippen molar-refractivity contribution in [3.05, 3.63) is 28.3 Å². The lowest BCUT2D eigenvalue weighted by atomic mass is 9.81. The summed E-state index contributed by atoms with van der Waals surface area (Å²) in [5.41, 5.74) is -0.117. The lowest BCUT2D eigenvalue weighted by Gasteiger charge is -2.42. The van der Waals surface area contributed by atoms with Crippen molar-refractivity contribution in [3.8, 4) is 11.8 Å². The highest BCUT2D eigenvalue weighted by atomic mass is 32.1. The summed E-state index contributed by atoms with van der Waals surface area (Å²) < 4.78 is 11.4. The smallest absolute Gasteiger partial charge is 0.407 e. The number of carboxylic acid groups (broad SMARTS) is 1. The van der Waals surface area contributed by atoms with Crippen LogP contribution in [0.5, 0.6) is 0 Å². The molecule has 1 aliphatic heterocycles. The number of ether oxygens (including phenoxy) is 2. The number of alkyl carbamates (subject to hydrolysis) is 1. The van der Waals surface area contributed by atoms with Crippen LogP contribution in [-0.4, -0.2) is 64.9 Å². The standard InChI is InChI=1S/C35H51N3O6S/c1-22-9-11-24(12-10-22)31(39)38(29-19-28(17-18-34(3,4)5)45-30(29)32(40)41)26-15-13-25(14-16-26)36-33(42)43-27-20-37(21-27)23(2)44-35(6,7)8/h19,22,24-27H,2,9-16,20-21H2,1,3-8H3,(H,36,42)(H,40,41). The number of hydrogen-bond donors (Lipinski definition) is 2. The van der Waals surface area contributed by atoms with Crippen molar-refractivity contribution in [2.45, 2.75) is 124 Å². The predicted octanol–water partition coefficient (Wildman–Crippen LogP) is 7.01. The van der Waals surface area contributed by atoms with Gasteiger partial charge in [-0.3, -0.25) is 4.79 Å². The van der Waals surface area contributed by atoms with E-state index in [0.717, 1.165) is 37.0 Å². The number of carboxylic acids is 1. The molecule has 248 valence electrons. The molecule has 1 saturated heterocycles. The Labute approximate surface area is 272 Å². The maximum Gasteiger partial charge on any atom is 0.407 e. The zero-order valence-corrected chi connectivity index (χ0v) is 28.8. The number of carbonyl (C=O) groups is 3. The van der Waals surface area contributed by atoms with E-state index in [9.17, 15) is 19.5 Å². The molecule has 0 atom stereocenters. The number of amides is 2. The summed E-state index contributed by atoms with van der Waals surface area (Å²) in [6, 6.07) is 1.56. The Kier molecular flexibility index (Phi) is 10.8. The van der Waals surface area contributed by atoms with Gasteiger partial charge in [0.15, 0.2) is 5.88 Å². The van der Waals surface area contributed by atoms with E-state index in [1.165, 1.54) is 0 Å². The fourth-order valence-corrected chi connectivity index (χ4v) is 7.03. The van der Waals surface area contributed by atoms with Crippen LogP contribution in [0.15, 0.2) is 18.5 Å². The normalized spacial score (nSPS) is 24.0. The van der Waals surface area contributed by atoms with Crippen molar-refractivity contribution in [2.24, 2.45) is 17.3 Å². The van der Waals surface area contributed by atoms with Crippen LogP contribution in [0.3, 0.4) is 0 Å². The lowest BCUT2D eigenvalue weighted by Crippen LogP contribution is -2.54. The van der Waals surface area contributed by atoms with E-state index in [1.807, 2.05) is 46.4 Å². The number of carbonyl (C=O) groups excluding carboxylic acids is 2. The number of rotatable bonds is 8. The Morgan fingerprint density at radius 3 is 2.20 bits per heavy atom. The summed E-state index contributed by atoms with van der Waals surface area (Å²) in [6.07, 6.45) is 5.60. The molecule has 3 aliphatic rings. The molecule has 2 N–H and O–H groups in total. The van der Waals surface area contributed by atoms with Gasteiger partial charge in [-0.2, -0.15) is 0 Å². The Morgan fingerprint density at radius 1 is 1.02 bits per heavy atom. The van der Waals surface area contributed by atoms with E-state index in [2.05, 4.69) is 30.7 Å². The minimum absolute atomic E-state index is 0.0138. The second kappa shape index (κ2) is 14.1. The van der Waals surface area contributed by atoms with Gasteiger partial charge in [0, 0.05) is 23.4 Å². The van der Waals surface area contributed by atoms with Crippen LogP contribution in [0.2, 0.25) is 0 Å². The molecule has 1 aromatic heterocycles. The number of aromatic carboxylic acids is 1. The van der Waals surface area contributed by atoms with Gasteiger partial charge in [-0.1, -0.05) is 18.8 Å². The van der Waals surface area contributed by atoms with E-state index < -0.39 is 12.1 Å². The molecule has 0 unspecified atom stereocenters. The Hall–Kier alpha value is -3.19. The van der Waals surface area contributed by atoms with E-state index in [1.54, 1.807) is 11.0 Å². The average molecular weight is 642 g/mol. The highest BCUT2D eigenvalue weighted by Crippen LogP contribution is 2.39.